The molecule has 1 aromatic rings. The molecule has 74 valence electrons. The molecule has 0 heterocycles. The lowest BCUT2D eigenvalue weighted by Gasteiger charge is -2.23. The second-order valence-corrected chi connectivity index (χ2v) is 3.32. The van der Waals surface area contributed by atoms with Crippen LogP contribution in [0.3, 0.4) is 0 Å². The summed E-state index contributed by atoms with van der Waals surface area (Å²) in [6.07, 6.45) is -0.700. The van der Waals surface area contributed by atoms with Crippen molar-refractivity contribution in [1.29, 1.82) is 0 Å². The molecule has 0 amide bonds. The van der Waals surface area contributed by atoms with Gasteiger partial charge in [-0.3, -0.25) is 4.79 Å². The highest BCUT2D eigenvalue weighted by molar-refractivity contribution is 5.98. The van der Waals surface area contributed by atoms with Crippen LogP contribution in [0, 0.1) is 5.82 Å². The number of halogens is 3. The van der Waals surface area contributed by atoms with E-state index < -0.39 is 23.7 Å². The third-order valence-corrected chi connectivity index (χ3v) is 2.34. The summed E-state index contributed by atoms with van der Waals surface area (Å²) in [6, 6.07) is 2.89. The van der Waals surface area contributed by atoms with Gasteiger partial charge < -0.3 is 0 Å². The zero-order valence-electron chi connectivity index (χ0n) is 7.19. The molecule has 1 nitrogen and oxygen atoms in total. The molecule has 0 radical (unpaired) electrons. The van der Waals surface area contributed by atoms with Crippen LogP contribution >= 0.6 is 0 Å². The van der Waals surface area contributed by atoms with Crippen LogP contribution in [0.1, 0.15) is 28.8 Å². The van der Waals surface area contributed by atoms with Gasteiger partial charge in [0.2, 0.25) is 0 Å². The van der Waals surface area contributed by atoms with Crippen molar-refractivity contribution in [2.24, 2.45) is 0 Å². The fraction of sp³-hybridized carbons (Fsp3) is 0.300. The van der Waals surface area contributed by atoms with Crippen LogP contribution in [0.15, 0.2) is 18.2 Å². The van der Waals surface area contributed by atoms with E-state index in [1.54, 1.807) is 0 Å². The summed E-state index contributed by atoms with van der Waals surface area (Å²) < 4.78 is 39.2. The first-order valence-corrected chi connectivity index (χ1v) is 4.22. The summed E-state index contributed by atoms with van der Waals surface area (Å²) in [5, 5.41) is 0. The number of carbonyl (C=O) groups is 1. The number of benzene rings is 1. The number of Topliss-reactive ketones (excluding diaryl/α,β-unsaturated/α-hetero) is 1. The Bertz CT molecular complexity index is 398. The maximum absolute atomic E-state index is 13.2. The molecule has 0 spiro atoms. The van der Waals surface area contributed by atoms with E-state index in [2.05, 4.69) is 0 Å². The van der Waals surface area contributed by atoms with Crippen molar-refractivity contribution >= 4 is 5.78 Å². The summed E-state index contributed by atoms with van der Waals surface area (Å²) in [6.45, 7) is 0. The molecule has 0 N–H and O–H groups in total. The largest absolute Gasteiger partial charge is 0.294 e. The van der Waals surface area contributed by atoms with Crippen LogP contribution in [-0.2, 0) is 5.92 Å². The lowest BCUT2D eigenvalue weighted by Crippen LogP contribution is -2.25. The van der Waals surface area contributed by atoms with Crippen molar-refractivity contribution in [3.05, 3.63) is 35.1 Å². The second kappa shape index (κ2) is 2.83. The Morgan fingerprint density at radius 3 is 2.71 bits per heavy atom. The number of alkyl halides is 2. The third-order valence-electron chi connectivity index (χ3n) is 2.34. The topological polar surface area (TPSA) is 17.1 Å². The summed E-state index contributed by atoms with van der Waals surface area (Å²) in [4.78, 5) is 11.2. The Labute approximate surface area is 78.5 Å². The maximum Gasteiger partial charge on any atom is 0.274 e. The van der Waals surface area contributed by atoms with Crippen LogP contribution in [0.4, 0.5) is 13.2 Å². The number of hydrogen-bond acceptors (Lipinski definition) is 1. The molecule has 14 heavy (non-hydrogen) atoms. The average molecular weight is 200 g/mol. The van der Waals surface area contributed by atoms with Crippen molar-refractivity contribution in [2.45, 2.75) is 18.8 Å². The molecule has 1 aliphatic carbocycles. The summed E-state index contributed by atoms with van der Waals surface area (Å²) in [5.41, 5.74) is -0.531. The number of ketones is 1. The number of carbonyl (C=O) groups excluding carboxylic acids is 1. The maximum atomic E-state index is 13.2. The zero-order chi connectivity index (χ0) is 10.3. The molecule has 0 bridgehead atoms. The van der Waals surface area contributed by atoms with Gasteiger partial charge in [-0.25, -0.2) is 13.2 Å². The average Bonchev–Trinajstić information content (AvgIpc) is 2.12. The van der Waals surface area contributed by atoms with Gasteiger partial charge in [0.25, 0.3) is 5.92 Å². The van der Waals surface area contributed by atoms with Crippen molar-refractivity contribution < 1.29 is 18.0 Å². The van der Waals surface area contributed by atoms with Gasteiger partial charge in [-0.1, -0.05) is 0 Å². The van der Waals surface area contributed by atoms with E-state index in [0.717, 1.165) is 18.2 Å². The molecule has 1 aromatic carbocycles. The van der Waals surface area contributed by atoms with Crippen LogP contribution in [0.2, 0.25) is 0 Å². The molecule has 4 heteroatoms. The molecular formula is C10H7F3O. The van der Waals surface area contributed by atoms with E-state index in [-0.39, 0.29) is 17.8 Å². The summed E-state index contributed by atoms with van der Waals surface area (Å²) in [7, 11) is 0. The number of rotatable bonds is 0. The second-order valence-electron chi connectivity index (χ2n) is 3.32. The minimum Gasteiger partial charge on any atom is -0.294 e. The monoisotopic (exact) mass is 200 g/mol. The molecule has 0 unspecified atom stereocenters. The Morgan fingerprint density at radius 2 is 2.00 bits per heavy atom. The highest BCUT2D eigenvalue weighted by Gasteiger charge is 2.39. The molecule has 1 aliphatic rings. The predicted molar refractivity (Wildman–Crippen MR) is 43.9 cm³/mol. The van der Waals surface area contributed by atoms with Gasteiger partial charge >= 0.3 is 0 Å². The lowest BCUT2D eigenvalue weighted by atomic mass is 9.88. The van der Waals surface area contributed by atoms with E-state index in [9.17, 15) is 18.0 Å². The molecule has 0 saturated carbocycles. The first kappa shape index (κ1) is 9.24. The number of fused-ring (bicyclic) bond motifs is 1. The Morgan fingerprint density at radius 1 is 1.29 bits per heavy atom. The van der Waals surface area contributed by atoms with E-state index in [0.29, 0.717) is 0 Å². The smallest absolute Gasteiger partial charge is 0.274 e. The zero-order valence-corrected chi connectivity index (χ0v) is 7.19. The molecule has 0 atom stereocenters. The standard InChI is InChI=1S/C10H7F3O/c11-6-1-2-7-8(5-6)10(12,13)4-3-9(7)14/h1-2,5H,3-4H2. The van der Waals surface area contributed by atoms with E-state index in [1.165, 1.54) is 0 Å². The van der Waals surface area contributed by atoms with Gasteiger partial charge in [0.05, 0.1) is 0 Å². The fourth-order valence-corrected chi connectivity index (χ4v) is 1.60. The quantitative estimate of drug-likeness (QED) is 0.629. The molecule has 2 rings (SSSR count). The predicted octanol–water partition coefficient (Wildman–Crippen LogP) is 2.89. The first-order chi connectivity index (χ1) is 6.50. The highest BCUT2D eigenvalue weighted by Crippen LogP contribution is 2.39. The van der Waals surface area contributed by atoms with E-state index in [4.69, 9.17) is 0 Å². The number of hydrogen-bond donors (Lipinski definition) is 0. The normalized spacial score (nSPS) is 19.2. The van der Waals surface area contributed by atoms with Crippen molar-refractivity contribution in [3.63, 3.8) is 0 Å². The summed E-state index contributed by atoms with van der Waals surface area (Å²) >= 11 is 0. The molecule has 0 aromatic heterocycles. The van der Waals surface area contributed by atoms with Gasteiger partial charge in [-0.2, -0.15) is 0 Å². The molecule has 0 saturated heterocycles. The SMILES string of the molecule is O=C1CCC(F)(F)c2cc(F)ccc21. The molecular weight excluding hydrogens is 193 g/mol. The molecule has 0 fully saturated rings. The van der Waals surface area contributed by atoms with Gasteiger partial charge in [0.15, 0.2) is 5.78 Å². The van der Waals surface area contributed by atoms with Crippen molar-refractivity contribution in [2.75, 3.05) is 0 Å². The Kier molecular flexibility index (Phi) is 1.87. The fourth-order valence-electron chi connectivity index (χ4n) is 1.60. The van der Waals surface area contributed by atoms with Crippen LogP contribution in [0.25, 0.3) is 0 Å². The van der Waals surface area contributed by atoms with Gasteiger partial charge in [0, 0.05) is 24.0 Å². The summed E-state index contributed by atoms with van der Waals surface area (Å²) in [5.74, 6) is -4.16. The highest BCUT2D eigenvalue weighted by atomic mass is 19.3. The Balaban J connectivity index is 2.64. The van der Waals surface area contributed by atoms with Crippen LogP contribution in [0.5, 0.6) is 0 Å². The minimum atomic E-state index is -3.08. The van der Waals surface area contributed by atoms with Crippen molar-refractivity contribution in [1.82, 2.24) is 0 Å². The van der Waals surface area contributed by atoms with Gasteiger partial charge in [-0.15, -0.1) is 0 Å². The molecule has 0 aliphatic heterocycles. The van der Waals surface area contributed by atoms with E-state index >= 15 is 0 Å². The Hall–Kier alpha value is -1.32. The van der Waals surface area contributed by atoms with Gasteiger partial charge in [0.1, 0.15) is 5.82 Å². The third kappa shape index (κ3) is 1.31. The van der Waals surface area contributed by atoms with Crippen molar-refractivity contribution in [3.8, 4) is 0 Å². The van der Waals surface area contributed by atoms with Gasteiger partial charge in [-0.05, 0) is 18.2 Å². The van der Waals surface area contributed by atoms with E-state index in [1.807, 2.05) is 0 Å². The van der Waals surface area contributed by atoms with Crippen LogP contribution in [-0.4, -0.2) is 5.78 Å². The minimum absolute atomic E-state index is 0.0531. The first-order valence-electron chi connectivity index (χ1n) is 4.22. The van der Waals surface area contributed by atoms with Crippen LogP contribution < -0.4 is 0 Å². The lowest BCUT2D eigenvalue weighted by molar-refractivity contribution is -0.0194.